The Bertz CT molecular complexity index is 812. The van der Waals surface area contributed by atoms with Crippen molar-refractivity contribution in [3.8, 4) is 11.4 Å². The largest absolute Gasteiger partial charge is 0.302 e. The highest BCUT2D eigenvalue weighted by molar-refractivity contribution is 8.00. The first-order chi connectivity index (χ1) is 11.1. The Morgan fingerprint density at radius 3 is 2.78 bits per heavy atom. The molecule has 120 valence electrons. The van der Waals surface area contributed by atoms with Crippen LogP contribution >= 0.6 is 34.9 Å². The summed E-state index contributed by atoms with van der Waals surface area (Å²) < 4.78 is 7.32. The van der Waals surface area contributed by atoms with Gasteiger partial charge in [-0.15, -0.1) is 10.2 Å². The smallest absolute Gasteiger partial charge is 0.198 e. The van der Waals surface area contributed by atoms with Crippen LogP contribution in [-0.4, -0.2) is 24.1 Å². The van der Waals surface area contributed by atoms with Crippen molar-refractivity contribution in [2.24, 2.45) is 0 Å². The summed E-state index contributed by atoms with van der Waals surface area (Å²) in [4.78, 5) is 4.54. The maximum Gasteiger partial charge on any atom is 0.198 e. The molecule has 0 aliphatic carbocycles. The van der Waals surface area contributed by atoms with Gasteiger partial charge in [-0.2, -0.15) is 4.37 Å². The molecule has 0 saturated carbocycles. The Morgan fingerprint density at radius 2 is 2.13 bits per heavy atom. The van der Waals surface area contributed by atoms with Gasteiger partial charge in [0.2, 0.25) is 0 Å². The van der Waals surface area contributed by atoms with Gasteiger partial charge < -0.3 is 4.57 Å². The fourth-order valence-electron chi connectivity index (χ4n) is 2.06. The normalized spacial score (nSPS) is 11.3. The number of rotatable bonds is 5. The highest BCUT2D eigenvalue weighted by atomic mass is 35.5. The van der Waals surface area contributed by atoms with Gasteiger partial charge in [0, 0.05) is 23.0 Å². The van der Waals surface area contributed by atoms with Crippen LogP contribution < -0.4 is 0 Å². The minimum absolute atomic E-state index is 0.326. The standard InChI is InChI=1S/C15H16ClN5S2/c1-4-21-13(10-6-5-7-11(16)8-10)18-19-14(21)22-15-17-12(9(2)3)20-23-15/h5-9H,4H2,1-3H3. The van der Waals surface area contributed by atoms with Crippen LogP contribution in [0, 0.1) is 0 Å². The topological polar surface area (TPSA) is 56.5 Å². The zero-order valence-electron chi connectivity index (χ0n) is 13.0. The van der Waals surface area contributed by atoms with Gasteiger partial charge in [0.15, 0.2) is 15.3 Å². The summed E-state index contributed by atoms with van der Waals surface area (Å²) in [5, 5.41) is 10.1. The van der Waals surface area contributed by atoms with Crippen molar-refractivity contribution in [3.05, 3.63) is 35.1 Å². The molecule has 23 heavy (non-hydrogen) atoms. The molecule has 2 aromatic heterocycles. The lowest BCUT2D eigenvalue weighted by molar-refractivity contribution is 0.687. The molecule has 3 aromatic rings. The van der Waals surface area contributed by atoms with E-state index >= 15 is 0 Å². The summed E-state index contributed by atoms with van der Waals surface area (Å²) in [5.74, 6) is 2.01. The fourth-order valence-corrected chi connectivity index (χ4v) is 4.00. The first kappa shape index (κ1) is 16.4. The molecule has 0 unspecified atom stereocenters. The SMILES string of the molecule is CCn1c(Sc2nc(C(C)C)ns2)nnc1-c1cccc(Cl)c1. The van der Waals surface area contributed by atoms with Crippen molar-refractivity contribution in [1.82, 2.24) is 24.1 Å². The maximum absolute atomic E-state index is 6.08. The second kappa shape index (κ2) is 6.98. The molecular weight excluding hydrogens is 350 g/mol. The molecule has 0 aliphatic rings. The van der Waals surface area contributed by atoms with Crippen LogP contribution in [-0.2, 0) is 6.54 Å². The Morgan fingerprint density at radius 1 is 1.30 bits per heavy atom. The zero-order valence-corrected chi connectivity index (χ0v) is 15.4. The molecule has 2 heterocycles. The van der Waals surface area contributed by atoms with E-state index in [4.69, 9.17) is 11.6 Å². The molecule has 0 radical (unpaired) electrons. The third-order valence-electron chi connectivity index (χ3n) is 3.23. The molecule has 0 bridgehead atoms. The highest BCUT2D eigenvalue weighted by Gasteiger charge is 2.16. The Hall–Kier alpha value is -1.44. The Balaban J connectivity index is 1.91. The van der Waals surface area contributed by atoms with Gasteiger partial charge in [0.25, 0.3) is 0 Å². The lowest BCUT2D eigenvalue weighted by Gasteiger charge is -2.06. The number of hydrogen-bond acceptors (Lipinski definition) is 6. The predicted octanol–water partition coefficient (Wildman–Crippen LogP) is 4.74. The number of nitrogens with zero attached hydrogens (tertiary/aromatic N) is 5. The van der Waals surface area contributed by atoms with Gasteiger partial charge in [-0.1, -0.05) is 37.6 Å². The Kier molecular flexibility index (Phi) is 4.99. The molecule has 0 atom stereocenters. The van der Waals surface area contributed by atoms with Gasteiger partial charge >= 0.3 is 0 Å². The van der Waals surface area contributed by atoms with Crippen LogP contribution in [0.2, 0.25) is 5.02 Å². The zero-order chi connectivity index (χ0) is 16.4. The van der Waals surface area contributed by atoms with E-state index in [2.05, 4.69) is 44.9 Å². The third kappa shape index (κ3) is 3.57. The minimum atomic E-state index is 0.326. The van der Waals surface area contributed by atoms with Gasteiger partial charge in [0.1, 0.15) is 5.82 Å². The van der Waals surface area contributed by atoms with Crippen molar-refractivity contribution in [1.29, 1.82) is 0 Å². The second-order valence-corrected chi connectivity index (χ2v) is 7.64. The number of hydrogen-bond donors (Lipinski definition) is 0. The first-order valence-corrected chi connectivity index (χ1v) is 9.26. The third-order valence-corrected chi connectivity index (χ3v) is 5.22. The fraction of sp³-hybridized carbons (Fsp3) is 0.333. The van der Waals surface area contributed by atoms with Crippen molar-refractivity contribution < 1.29 is 0 Å². The summed E-state index contributed by atoms with van der Waals surface area (Å²) in [6.07, 6.45) is 0. The Labute approximate surface area is 148 Å². The van der Waals surface area contributed by atoms with E-state index < -0.39 is 0 Å². The summed E-state index contributed by atoms with van der Waals surface area (Å²) in [5.41, 5.74) is 0.957. The average Bonchev–Trinajstić information content (AvgIpc) is 3.14. The number of aromatic nitrogens is 5. The lowest BCUT2D eigenvalue weighted by atomic mass is 10.2. The average molecular weight is 366 g/mol. The summed E-state index contributed by atoms with van der Waals surface area (Å²) in [7, 11) is 0. The molecular formula is C15H16ClN5S2. The molecule has 5 nitrogen and oxygen atoms in total. The molecule has 8 heteroatoms. The molecule has 1 aromatic carbocycles. The molecule has 0 fully saturated rings. The van der Waals surface area contributed by atoms with Crippen LogP contribution in [0.3, 0.4) is 0 Å². The van der Waals surface area contributed by atoms with Crippen molar-refractivity contribution >= 4 is 34.9 Å². The molecule has 3 rings (SSSR count). The van der Waals surface area contributed by atoms with Crippen LogP contribution in [0.5, 0.6) is 0 Å². The van der Waals surface area contributed by atoms with Crippen LogP contribution in [0.15, 0.2) is 33.8 Å². The second-order valence-electron chi connectivity index (χ2n) is 5.24. The molecule has 0 saturated heterocycles. The first-order valence-electron chi connectivity index (χ1n) is 7.29. The summed E-state index contributed by atoms with van der Waals surface area (Å²) in [6, 6.07) is 7.65. The van der Waals surface area contributed by atoms with E-state index in [-0.39, 0.29) is 0 Å². The van der Waals surface area contributed by atoms with Crippen molar-refractivity contribution in [2.45, 2.75) is 42.7 Å². The lowest BCUT2D eigenvalue weighted by Crippen LogP contribution is -1.99. The van der Waals surface area contributed by atoms with Crippen molar-refractivity contribution in [3.63, 3.8) is 0 Å². The van der Waals surface area contributed by atoms with Crippen LogP contribution in [0.25, 0.3) is 11.4 Å². The van der Waals surface area contributed by atoms with Crippen LogP contribution in [0.1, 0.15) is 32.5 Å². The van der Waals surface area contributed by atoms with Crippen molar-refractivity contribution in [2.75, 3.05) is 0 Å². The van der Waals surface area contributed by atoms with Gasteiger partial charge in [-0.25, -0.2) is 4.98 Å². The van der Waals surface area contributed by atoms with E-state index in [9.17, 15) is 0 Å². The molecule has 0 spiro atoms. The van der Waals surface area contributed by atoms with E-state index in [1.807, 2.05) is 24.3 Å². The number of benzene rings is 1. The van der Waals surface area contributed by atoms with E-state index in [1.165, 1.54) is 23.3 Å². The number of halogens is 1. The predicted molar refractivity (Wildman–Crippen MR) is 94.3 cm³/mol. The summed E-state index contributed by atoms with van der Waals surface area (Å²) >= 11 is 8.98. The van der Waals surface area contributed by atoms with Gasteiger partial charge in [-0.3, -0.25) is 0 Å². The van der Waals surface area contributed by atoms with Gasteiger partial charge in [-0.05, 0) is 42.4 Å². The minimum Gasteiger partial charge on any atom is -0.302 e. The van der Waals surface area contributed by atoms with E-state index in [1.54, 1.807) is 0 Å². The van der Waals surface area contributed by atoms with Gasteiger partial charge in [0.05, 0.1) is 0 Å². The molecule has 0 amide bonds. The van der Waals surface area contributed by atoms with Crippen LogP contribution in [0.4, 0.5) is 0 Å². The quantitative estimate of drug-likeness (QED) is 0.653. The monoisotopic (exact) mass is 365 g/mol. The van der Waals surface area contributed by atoms with E-state index in [0.717, 1.165) is 33.3 Å². The van der Waals surface area contributed by atoms with E-state index in [0.29, 0.717) is 10.9 Å². The summed E-state index contributed by atoms with van der Waals surface area (Å²) in [6.45, 7) is 7.01. The maximum atomic E-state index is 6.08. The highest BCUT2D eigenvalue weighted by Crippen LogP contribution is 2.32. The molecule has 0 N–H and O–H groups in total. The molecule has 0 aliphatic heterocycles.